The molecule has 0 aromatic rings. The van der Waals surface area contributed by atoms with Crippen molar-refractivity contribution in [1.82, 2.24) is 0 Å². The molecule has 128 valence electrons. The summed E-state index contributed by atoms with van der Waals surface area (Å²) in [7, 11) is 0. The zero-order valence-corrected chi connectivity index (χ0v) is 16.1. The lowest BCUT2D eigenvalue weighted by atomic mass is 9.90. The average molecular weight is 297 g/mol. The molecule has 0 aromatic heterocycles. The van der Waals surface area contributed by atoms with Gasteiger partial charge in [0.05, 0.1) is 0 Å². The van der Waals surface area contributed by atoms with Crippen LogP contribution in [0.3, 0.4) is 0 Å². The fourth-order valence-electron chi connectivity index (χ4n) is 3.43. The molecule has 0 fully saturated rings. The Balaban J connectivity index is 3.45. The third-order valence-electron chi connectivity index (χ3n) is 5.05. The van der Waals surface area contributed by atoms with Gasteiger partial charge >= 0.3 is 0 Å². The number of rotatable bonds is 14. The molecule has 0 aliphatic carbocycles. The second-order valence-electron chi connectivity index (χ2n) is 8.29. The first-order chi connectivity index (χ1) is 9.95. The van der Waals surface area contributed by atoms with Gasteiger partial charge in [-0.15, -0.1) is 0 Å². The molecule has 0 N–H and O–H groups in total. The van der Waals surface area contributed by atoms with Crippen molar-refractivity contribution in [3.05, 3.63) is 0 Å². The lowest BCUT2D eigenvalue weighted by Crippen LogP contribution is -2.01. The number of hydrogen-bond donors (Lipinski definition) is 0. The minimum atomic E-state index is 0.882. The van der Waals surface area contributed by atoms with Crippen LogP contribution in [0.25, 0.3) is 0 Å². The highest BCUT2D eigenvalue weighted by molar-refractivity contribution is 4.60. The van der Waals surface area contributed by atoms with Crippen LogP contribution in [0.5, 0.6) is 0 Å². The summed E-state index contributed by atoms with van der Waals surface area (Å²) >= 11 is 0. The molecule has 0 spiro atoms. The van der Waals surface area contributed by atoms with Gasteiger partial charge in [-0.05, 0) is 23.7 Å². The van der Waals surface area contributed by atoms with Crippen LogP contribution in [0.15, 0.2) is 0 Å². The first-order valence-corrected chi connectivity index (χ1v) is 9.95. The van der Waals surface area contributed by atoms with E-state index in [1.54, 1.807) is 0 Å². The van der Waals surface area contributed by atoms with Crippen molar-refractivity contribution in [1.29, 1.82) is 0 Å². The van der Waals surface area contributed by atoms with Gasteiger partial charge in [-0.2, -0.15) is 0 Å². The summed E-state index contributed by atoms with van der Waals surface area (Å²) in [4.78, 5) is 0. The van der Waals surface area contributed by atoms with E-state index >= 15 is 0 Å². The quantitative estimate of drug-likeness (QED) is 0.306. The van der Waals surface area contributed by atoms with Gasteiger partial charge in [0.25, 0.3) is 0 Å². The fourth-order valence-corrected chi connectivity index (χ4v) is 3.43. The summed E-state index contributed by atoms with van der Waals surface area (Å²) in [6.45, 7) is 14.3. The van der Waals surface area contributed by atoms with Crippen molar-refractivity contribution in [3.63, 3.8) is 0 Å². The minimum Gasteiger partial charge on any atom is -0.0654 e. The van der Waals surface area contributed by atoms with Crippen LogP contribution < -0.4 is 0 Å². The summed E-state index contributed by atoms with van der Waals surface area (Å²) < 4.78 is 0. The number of hydrogen-bond acceptors (Lipinski definition) is 0. The second kappa shape index (κ2) is 13.6. The molecule has 0 unspecified atom stereocenters. The molecular formula is C21H44. The van der Waals surface area contributed by atoms with E-state index < -0.39 is 0 Å². The minimum absolute atomic E-state index is 0.882. The van der Waals surface area contributed by atoms with Gasteiger partial charge in [-0.1, -0.05) is 112 Å². The van der Waals surface area contributed by atoms with Gasteiger partial charge in [0.2, 0.25) is 0 Å². The lowest BCUT2D eigenvalue weighted by molar-refractivity contribution is 0.374. The van der Waals surface area contributed by atoms with Crippen molar-refractivity contribution in [2.75, 3.05) is 0 Å². The van der Waals surface area contributed by atoms with Crippen molar-refractivity contribution in [3.8, 4) is 0 Å². The van der Waals surface area contributed by atoms with Crippen LogP contribution in [-0.2, 0) is 0 Å². The molecule has 0 saturated heterocycles. The highest BCUT2D eigenvalue weighted by Crippen LogP contribution is 2.22. The van der Waals surface area contributed by atoms with E-state index in [1.165, 1.54) is 70.6 Å². The molecule has 0 saturated carbocycles. The Bertz CT molecular complexity index is 206. The molecule has 0 aliphatic heterocycles. The molecule has 0 heteroatoms. The highest BCUT2D eigenvalue weighted by atomic mass is 14.1. The smallest absolute Gasteiger partial charge is 0.0443 e. The van der Waals surface area contributed by atoms with Crippen molar-refractivity contribution in [2.45, 2.75) is 112 Å². The van der Waals surface area contributed by atoms with E-state index in [9.17, 15) is 0 Å². The second-order valence-corrected chi connectivity index (χ2v) is 8.29. The van der Waals surface area contributed by atoms with E-state index in [-0.39, 0.29) is 0 Å². The average Bonchev–Trinajstić information content (AvgIpc) is 2.38. The van der Waals surface area contributed by atoms with Crippen molar-refractivity contribution < 1.29 is 0 Å². The molecule has 0 aliphatic rings. The van der Waals surface area contributed by atoms with E-state index in [1.807, 2.05) is 0 Å². The van der Waals surface area contributed by atoms with Crippen LogP contribution in [0.4, 0.5) is 0 Å². The first-order valence-electron chi connectivity index (χ1n) is 9.95. The predicted molar refractivity (Wildman–Crippen MR) is 98.8 cm³/mol. The molecule has 3 atom stereocenters. The Morgan fingerprint density at radius 1 is 0.476 bits per heavy atom. The lowest BCUT2D eigenvalue weighted by Gasteiger charge is -2.16. The third kappa shape index (κ3) is 14.7. The topological polar surface area (TPSA) is 0 Å². The molecule has 0 amide bonds. The maximum absolute atomic E-state index is 2.47. The van der Waals surface area contributed by atoms with E-state index in [4.69, 9.17) is 0 Å². The Labute approximate surface area is 136 Å². The van der Waals surface area contributed by atoms with Gasteiger partial charge in [0, 0.05) is 0 Å². The molecule has 0 nitrogen and oxygen atoms in total. The first kappa shape index (κ1) is 21.0. The highest BCUT2D eigenvalue weighted by Gasteiger charge is 2.07. The summed E-state index contributed by atoms with van der Waals surface area (Å²) in [6, 6.07) is 0. The monoisotopic (exact) mass is 296 g/mol. The van der Waals surface area contributed by atoms with Crippen LogP contribution >= 0.6 is 0 Å². The van der Waals surface area contributed by atoms with Crippen LogP contribution in [0.2, 0.25) is 0 Å². The molecule has 0 heterocycles. The maximum Gasteiger partial charge on any atom is -0.0443 e. The van der Waals surface area contributed by atoms with Gasteiger partial charge in [-0.3, -0.25) is 0 Å². The Kier molecular flexibility index (Phi) is 13.6. The standard InChI is InChI=1S/C21H44/c1-7-11-19(4)14-9-15-21(6)17-10-16-20(5)13-8-12-18(2)3/h18-21H,7-17H2,1-6H3/t19-,20-,21+/m0/s1. The van der Waals surface area contributed by atoms with Gasteiger partial charge < -0.3 is 0 Å². The Morgan fingerprint density at radius 3 is 1.14 bits per heavy atom. The van der Waals surface area contributed by atoms with Gasteiger partial charge in [-0.25, -0.2) is 0 Å². The summed E-state index contributed by atoms with van der Waals surface area (Å²) in [5.41, 5.74) is 0. The maximum atomic E-state index is 2.47. The summed E-state index contributed by atoms with van der Waals surface area (Å²) in [5, 5.41) is 0. The van der Waals surface area contributed by atoms with Crippen molar-refractivity contribution >= 4 is 0 Å². The van der Waals surface area contributed by atoms with Crippen LogP contribution in [0, 0.1) is 23.7 Å². The summed E-state index contributed by atoms with van der Waals surface area (Å²) in [6.07, 6.45) is 15.8. The Morgan fingerprint density at radius 2 is 0.810 bits per heavy atom. The van der Waals surface area contributed by atoms with Crippen LogP contribution in [0.1, 0.15) is 112 Å². The van der Waals surface area contributed by atoms with Crippen LogP contribution in [-0.4, -0.2) is 0 Å². The molecule has 0 bridgehead atoms. The molecule has 0 radical (unpaired) electrons. The molecule has 21 heavy (non-hydrogen) atoms. The fraction of sp³-hybridized carbons (Fsp3) is 1.00. The molecule has 0 rings (SSSR count). The van der Waals surface area contributed by atoms with E-state index in [0.717, 1.165) is 23.7 Å². The van der Waals surface area contributed by atoms with E-state index in [2.05, 4.69) is 41.5 Å². The zero-order chi connectivity index (χ0) is 16.1. The normalized spacial score (nSPS) is 16.1. The molecule has 0 aromatic carbocycles. The summed E-state index contributed by atoms with van der Waals surface area (Å²) in [5.74, 6) is 3.72. The predicted octanol–water partition coefficient (Wildman–Crippen LogP) is 7.86. The molecular weight excluding hydrogens is 252 g/mol. The largest absolute Gasteiger partial charge is 0.0654 e. The zero-order valence-electron chi connectivity index (χ0n) is 16.1. The third-order valence-corrected chi connectivity index (χ3v) is 5.05. The Hall–Kier alpha value is 0. The van der Waals surface area contributed by atoms with Gasteiger partial charge in [0.15, 0.2) is 0 Å². The van der Waals surface area contributed by atoms with Gasteiger partial charge in [0.1, 0.15) is 0 Å². The van der Waals surface area contributed by atoms with Crippen molar-refractivity contribution in [2.24, 2.45) is 23.7 Å². The van der Waals surface area contributed by atoms with E-state index in [0.29, 0.717) is 0 Å². The SMILES string of the molecule is CCC[C@H](C)CCC[C@@H](C)CCC[C@@H](C)CCCC(C)C.